The van der Waals surface area contributed by atoms with Crippen LogP contribution in [0.25, 0.3) is 0 Å². The number of rotatable bonds is 8. The van der Waals surface area contributed by atoms with Gasteiger partial charge in [0, 0.05) is 11.4 Å². The topological polar surface area (TPSA) is 83.9 Å². The quantitative estimate of drug-likeness (QED) is 0.488. The number of hydrogen-bond donors (Lipinski definition) is 1. The molecule has 0 bridgehead atoms. The zero-order chi connectivity index (χ0) is 21.6. The zero-order valence-electron chi connectivity index (χ0n) is 16.7. The Labute approximate surface area is 181 Å². The predicted molar refractivity (Wildman–Crippen MR) is 117 cm³/mol. The molecule has 0 radical (unpaired) electrons. The van der Waals surface area contributed by atoms with Crippen LogP contribution >= 0.6 is 11.8 Å². The summed E-state index contributed by atoms with van der Waals surface area (Å²) >= 11 is 1.64. The lowest BCUT2D eigenvalue weighted by atomic mass is 9.94. The number of methoxy groups -OCH3 is 1. The molecule has 8 heteroatoms. The van der Waals surface area contributed by atoms with E-state index < -0.39 is 22.0 Å². The van der Waals surface area contributed by atoms with Gasteiger partial charge in [-0.05, 0) is 60.9 Å². The number of hydrogen-bond acceptors (Lipinski definition) is 5. The molecule has 160 valence electrons. The molecule has 0 aromatic heterocycles. The fourth-order valence-corrected chi connectivity index (χ4v) is 6.10. The number of carboxylic acids is 1. The van der Waals surface area contributed by atoms with Crippen molar-refractivity contribution >= 4 is 27.8 Å². The number of aliphatic carboxylic acids is 1. The first-order valence-electron chi connectivity index (χ1n) is 9.65. The highest BCUT2D eigenvalue weighted by Gasteiger charge is 2.40. The second-order valence-corrected chi connectivity index (χ2v) is 10.0. The van der Waals surface area contributed by atoms with Gasteiger partial charge in [0.25, 0.3) is 0 Å². The fourth-order valence-electron chi connectivity index (χ4n) is 3.50. The molecular formula is C22H25NO5S2. The highest BCUT2D eigenvalue weighted by molar-refractivity contribution is 7.99. The Morgan fingerprint density at radius 1 is 1.13 bits per heavy atom. The number of ether oxygens (including phenoxy) is 1. The van der Waals surface area contributed by atoms with Crippen LogP contribution in [0.1, 0.15) is 12.8 Å². The van der Waals surface area contributed by atoms with Crippen molar-refractivity contribution in [3.8, 4) is 5.75 Å². The number of carbonyl (C=O) groups is 1. The molecular weight excluding hydrogens is 422 g/mol. The van der Waals surface area contributed by atoms with Gasteiger partial charge in [0.05, 0.1) is 12.0 Å². The van der Waals surface area contributed by atoms with Gasteiger partial charge in [0.15, 0.2) is 0 Å². The Kier molecular flexibility index (Phi) is 7.58. The van der Waals surface area contributed by atoms with E-state index in [9.17, 15) is 18.3 Å². The first-order valence-corrected chi connectivity index (χ1v) is 12.1. The average Bonchev–Trinajstić information content (AvgIpc) is 2.98. The molecule has 1 aliphatic rings. The van der Waals surface area contributed by atoms with E-state index in [-0.39, 0.29) is 17.4 Å². The molecule has 0 aliphatic carbocycles. The first kappa shape index (κ1) is 22.4. The van der Waals surface area contributed by atoms with Crippen LogP contribution in [0.2, 0.25) is 0 Å². The van der Waals surface area contributed by atoms with Crippen LogP contribution in [-0.2, 0) is 14.8 Å². The fraction of sp³-hybridized carbons (Fsp3) is 0.318. The van der Waals surface area contributed by atoms with Crippen molar-refractivity contribution in [1.82, 2.24) is 4.31 Å². The SMILES string of the molecule is COc1ccc(S(=O)(=O)N2CC=CCC(CCSc3ccccc3)C2C(=O)O)cc1. The first-order chi connectivity index (χ1) is 14.4. The van der Waals surface area contributed by atoms with E-state index in [1.807, 2.05) is 36.4 Å². The predicted octanol–water partition coefficient (Wildman–Crippen LogP) is 3.90. The summed E-state index contributed by atoms with van der Waals surface area (Å²) in [7, 11) is -2.47. The van der Waals surface area contributed by atoms with Crippen LogP contribution in [0.4, 0.5) is 0 Å². The number of carboxylic acid groups (broad SMARTS) is 1. The van der Waals surface area contributed by atoms with Crippen LogP contribution in [0.5, 0.6) is 5.75 Å². The van der Waals surface area contributed by atoms with Crippen molar-refractivity contribution in [3.63, 3.8) is 0 Å². The van der Waals surface area contributed by atoms with Crippen LogP contribution in [0.15, 0.2) is 76.5 Å². The van der Waals surface area contributed by atoms with Gasteiger partial charge in [0.2, 0.25) is 10.0 Å². The molecule has 1 heterocycles. The minimum atomic E-state index is -3.98. The lowest BCUT2D eigenvalue weighted by Crippen LogP contribution is -2.48. The summed E-state index contributed by atoms with van der Waals surface area (Å²) in [5.41, 5.74) is 0. The molecule has 2 atom stereocenters. The Morgan fingerprint density at radius 3 is 2.47 bits per heavy atom. The lowest BCUT2D eigenvalue weighted by molar-refractivity contribution is -0.143. The molecule has 0 saturated carbocycles. The highest BCUT2D eigenvalue weighted by atomic mass is 32.2. The maximum absolute atomic E-state index is 13.3. The molecule has 0 amide bonds. The minimum Gasteiger partial charge on any atom is -0.497 e. The van der Waals surface area contributed by atoms with Crippen LogP contribution < -0.4 is 4.74 Å². The maximum atomic E-state index is 13.3. The zero-order valence-corrected chi connectivity index (χ0v) is 18.3. The smallest absolute Gasteiger partial charge is 0.322 e. The van der Waals surface area contributed by atoms with Gasteiger partial charge < -0.3 is 9.84 Å². The van der Waals surface area contributed by atoms with Crippen molar-refractivity contribution in [2.75, 3.05) is 19.4 Å². The Balaban J connectivity index is 1.81. The second kappa shape index (κ2) is 10.1. The van der Waals surface area contributed by atoms with E-state index in [4.69, 9.17) is 4.74 Å². The number of nitrogens with zero attached hydrogens (tertiary/aromatic N) is 1. The summed E-state index contributed by atoms with van der Waals surface area (Å²) in [6, 6.07) is 14.8. The highest BCUT2D eigenvalue weighted by Crippen LogP contribution is 2.31. The van der Waals surface area contributed by atoms with E-state index in [0.29, 0.717) is 24.3 Å². The molecule has 0 fully saturated rings. The number of allylic oxidation sites excluding steroid dienone is 1. The van der Waals surface area contributed by atoms with Gasteiger partial charge >= 0.3 is 5.97 Å². The summed E-state index contributed by atoms with van der Waals surface area (Å²) in [4.78, 5) is 13.3. The summed E-state index contributed by atoms with van der Waals surface area (Å²) in [6.45, 7) is 0.0354. The average molecular weight is 448 g/mol. The molecule has 1 N–H and O–H groups in total. The third kappa shape index (κ3) is 5.24. The van der Waals surface area contributed by atoms with E-state index in [1.54, 1.807) is 30.0 Å². The van der Waals surface area contributed by atoms with E-state index in [1.165, 1.54) is 19.2 Å². The summed E-state index contributed by atoms with van der Waals surface area (Å²) in [5, 5.41) is 9.95. The van der Waals surface area contributed by atoms with E-state index in [0.717, 1.165) is 9.20 Å². The van der Waals surface area contributed by atoms with Crippen molar-refractivity contribution in [1.29, 1.82) is 0 Å². The molecule has 30 heavy (non-hydrogen) atoms. The summed E-state index contributed by atoms with van der Waals surface area (Å²) < 4.78 is 32.8. The maximum Gasteiger partial charge on any atom is 0.322 e. The van der Waals surface area contributed by atoms with Gasteiger partial charge in [-0.1, -0.05) is 30.4 Å². The Morgan fingerprint density at radius 2 is 1.83 bits per heavy atom. The van der Waals surface area contributed by atoms with Gasteiger partial charge in [-0.3, -0.25) is 4.79 Å². The molecule has 6 nitrogen and oxygen atoms in total. The Hall–Kier alpha value is -2.29. The van der Waals surface area contributed by atoms with Crippen molar-refractivity contribution in [3.05, 3.63) is 66.7 Å². The number of sulfonamides is 1. The molecule has 2 aromatic carbocycles. The van der Waals surface area contributed by atoms with E-state index >= 15 is 0 Å². The Bertz CT molecular complexity index is 974. The minimum absolute atomic E-state index is 0.0354. The van der Waals surface area contributed by atoms with Gasteiger partial charge in [-0.2, -0.15) is 4.31 Å². The van der Waals surface area contributed by atoms with Crippen molar-refractivity contribution < 1.29 is 23.1 Å². The molecule has 2 aromatic rings. The lowest BCUT2D eigenvalue weighted by Gasteiger charge is -2.31. The molecule has 1 aliphatic heterocycles. The van der Waals surface area contributed by atoms with Crippen LogP contribution in [-0.4, -0.2) is 49.2 Å². The molecule has 3 rings (SSSR count). The second-order valence-electron chi connectivity index (χ2n) is 6.95. The van der Waals surface area contributed by atoms with Gasteiger partial charge in [0.1, 0.15) is 11.8 Å². The standard InChI is InChI=1S/C22H25NO5S2/c1-28-18-10-12-20(13-11-18)30(26,27)23-15-6-5-7-17(21(23)22(24)25)14-16-29-19-8-3-2-4-9-19/h2-6,8-13,17,21H,7,14-16H2,1H3,(H,24,25). The van der Waals surface area contributed by atoms with Crippen molar-refractivity contribution in [2.24, 2.45) is 5.92 Å². The third-order valence-corrected chi connectivity index (χ3v) is 7.97. The number of thioether (sulfide) groups is 1. The largest absolute Gasteiger partial charge is 0.497 e. The summed E-state index contributed by atoms with van der Waals surface area (Å²) in [5.74, 6) is -0.186. The monoisotopic (exact) mass is 447 g/mol. The van der Waals surface area contributed by atoms with Crippen LogP contribution in [0.3, 0.4) is 0 Å². The normalized spacial score (nSPS) is 19.9. The van der Waals surface area contributed by atoms with Crippen molar-refractivity contribution in [2.45, 2.75) is 28.7 Å². The molecule has 0 saturated heterocycles. The van der Waals surface area contributed by atoms with E-state index in [2.05, 4.69) is 0 Å². The molecule has 2 unspecified atom stereocenters. The third-order valence-electron chi connectivity index (χ3n) is 5.07. The summed E-state index contributed by atoms with van der Waals surface area (Å²) in [6.07, 6.45) is 4.75. The molecule has 0 spiro atoms. The van der Waals surface area contributed by atoms with Crippen LogP contribution in [0, 0.1) is 5.92 Å². The van der Waals surface area contributed by atoms with Gasteiger partial charge in [-0.15, -0.1) is 11.8 Å². The van der Waals surface area contributed by atoms with Gasteiger partial charge in [-0.25, -0.2) is 8.42 Å². The number of benzene rings is 2.